The summed E-state index contributed by atoms with van der Waals surface area (Å²) in [5.74, 6) is 0. The van der Waals surface area contributed by atoms with Gasteiger partial charge in [0.05, 0.1) is 0 Å². The molecule has 1 aromatic rings. The second-order valence-electron chi connectivity index (χ2n) is 1.66. The first kappa shape index (κ1) is 10.5. The Labute approximate surface area is 73.8 Å². The van der Waals surface area contributed by atoms with E-state index in [0.717, 1.165) is 6.07 Å². The van der Waals surface area contributed by atoms with Gasteiger partial charge in [-0.3, -0.25) is 0 Å². The molecule has 0 spiro atoms. The van der Waals surface area contributed by atoms with Gasteiger partial charge in [-0.1, -0.05) is 12.4 Å². The molecular formula is C6H3F3LiN. The average Bonchev–Trinajstić information content (AvgIpc) is 1.88. The van der Waals surface area contributed by atoms with E-state index >= 15 is 0 Å². The molecule has 1 nitrogen and oxygen atoms in total. The van der Waals surface area contributed by atoms with Crippen molar-refractivity contribution >= 4 is 0 Å². The predicted octanol–water partition coefficient (Wildman–Crippen LogP) is -1.10. The maximum absolute atomic E-state index is 11.7. The molecule has 0 aliphatic carbocycles. The zero-order valence-corrected chi connectivity index (χ0v) is 5.81. The number of aromatic nitrogens is 1. The fourth-order valence-corrected chi connectivity index (χ4v) is 0.484. The third kappa shape index (κ3) is 2.96. The Morgan fingerprint density at radius 3 is 2.27 bits per heavy atom. The minimum Gasteiger partial charge on any atom is -0.394 e. The molecule has 0 bridgehead atoms. The van der Waals surface area contributed by atoms with E-state index in [1.165, 1.54) is 12.3 Å². The van der Waals surface area contributed by atoms with Gasteiger partial charge in [0.25, 0.3) is 0 Å². The molecule has 0 amide bonds. The summed E-state index contributed by atoms with van der Waals surface area (Å²) in [6.45, 7) is 0. The van der Waals surface area contributed by atoms with Crippen LogP contribution in [0.1, 0.15) is 5.56 Å². The standard InChI is InChI=1S/C6H3F3N.Li/c7-6(8,9)5-2-1-3-10-4-5;/h1-3H;/q-1;+1. The molecule has 0 atom stereocenters. The number of hydrogen-bond donors (Lipinski definition) is 0. The summed E-state index contributed by atoms with van der Waals surface area (Å²) in [6.07, 6.45) is -1.25. The van der Waals surface area contributed by atoms with Gasteiger partial charge in [0, 0.05) is 0 Å². The number of hydrogen-bond acceptors (Lipinski definition) is 1. The smallest absolute Gasteiger partial charge is 0.394 e. The Hall–Kier alpha value is -0.463. The molecule has 11 heavy (non-hydrogen) atoms. The molecule has 0 N–H and O–H groups in total. The van der Waals surface area contributed by atoms with E-state index in [2.05, 4.69) is 4.98 Å². The first-order valence-electron chi connectivity index (χ1n) is 2.50. The van der Waals surface area contributed by atoms with Crippen LogP contribution in [0.5, 0.6) is 0 Å². The van der Waals surface area contributed by atoms with Crippen LogP contribution in [0.25, 0.3) is 0 Å². The van der Waals surface area contributed by atoms with Gasteiger partial charge in [0.15, 0.2) is 0 Å². The summed E-state index contributed by atoms with van der Waals surface area (Å²) in [6, 6.07) is 2.15. The van der Waals surface area contributed by atoms with Crippen molar-refractivity contribution in [2.24, 2.45) is 0 Å². The van der Waals surface area contributed by atoms with Crippen molar-refractivity contribution in [2.75, 3.05) is 0 Å². The summed E-state index contributed by atoms with van der Waals surface area (Å²) in [4.78, 5) is 3.21. The maximum atomic E-state index is 11.7. The average molecular weight is 153 g/mol. The summed E-state index contributed by atoms with van der Waals surface area (Å²) in [5.41, 5.74) is -0.838. The van der Waals surface area contributed by atoms with E-state index in [0.29, 0.717) is 0 Å². The van der Waals surface area contributed by atoms with Gasteiger partial charge < -0.3 is 4.98 Å². The Bertz CT molecular complexity index is 209. The summed E-state index contributed by atoms with van der Waals surface area (Å²) < 4.78 is 35.1. The van der Waals surface area contributed by atoms with Crippen LogP contribution in [0.15, 0.2) is 18.3 Å². The Morgan fingerprint density at radius 1 is 1.36 bits per heavy atom. The maximum Gasteiger partial charge on any atom is 1.00 e. The molecule has 5 heteroatoms. The molecule has 0 saturated heterocycles. The molecule has 54 valence electrons. The van der Waals surface area contributed by atoms with Crippen molar-refractivity contribution in [3.63, 3.8) is 0 Å². The zero-order chi connectivity index (χ0) is 7.61. The molecule has 1 heterocycles. The Balaban J connectivity index is 0.000001000. The molecule has 0 fully saturated rings. The van der Waals surface area contributed by atoms with Gasteiger partial charge in [-0.2, -0.15) is 25.3 Å². The predicted molar refractivity (Wildman–Crippen MR) is 28.1 cm³/mol. The first-order valence-corrected chi connectivity index (χ1v) is 2.50. The van der Waals surface area contributed by atoms with Crippen LogP contribution in [0.3, 0.4) is 0 Å². The summed E-state index contributed by atoms with van der Waals surface area (Å²) in [7, 11) is 0. The van der Waals surface area contributed by atoms with Crippen LogP contribution in [-0.2, 0) is 6.18 Å². The number of halogens is 3. The van der Waals surface area contributed by atoms with Crippen LogP contribution in [-0.4, -0.2) is 4.98 Å². The van der Waals surface area contributed by atoms with Crippen molar-refractivity contribution in [2.45, 2.75) is 6.18 Å². The quantitative estimate of drug-likeness (QED) is 0.340. The van der Waals surface area contributed by atoms with E-state index in [4.69, 9.17) is 0 Å². The van der Waals surface area contributed by atoms with E-state index < -0.39 is 11.7 Å². The minimum atomic E-state index is -4.33. The third-order valence-corrected chi connectivity index (χ3v) is 0.914. The molecule has 0 unspecified atom stereocenters. The summed E-state index contributed by atoms with van der Waals surface area (Å²) in [5, 5.41) is 0. The molecule has 0 aliphatic rings. The normalized spacial score (nSPS) is 10.5. The number of nitrogens with zero attached hydrogens (tertiary/aromatic N) is 1. The van der Waals surface area contributed by atoms with Gasteiger partial charge in [0.1, 0.15) is 0 Å². The minimum absolute atomic E-state index is 0. The zero-order valence-electron chi connectivity index (χ0n) is 5.81. The molecular weight excluding hydrogens is 150 g/mol. The summed E-state index contributed by atoms with van der Waals surface area (Å²) >= 11 is 0. The van der Waals surface area contributed by atoms with E-state index in [-0.39, 0.29) is 18.9 Å². The van der Waals surface area contributed by atoms with Crippen LogP contribution in [0.2, 0.25) is 0 Å². The van der Waals surface area contributed by atoms with Crippen LogP contribution < -0.4 is 18.9 Å². The number of pyridine rings is 1. The third-order valence-electron chi connectivity index (χ3n) is 0.914. The van der Waals surface area contributed by atoms with Gasteiger partial charge in [-0.25, -0.2) is 0 Å². The van der Waals surface area contributed by atoms with Crippen LogP contribution >= 0.6 is 0 Å². The molecule has 1 rings (SSSR count). The topological polar surface area (TPSA) is 12.9 Å². The van der Waals surface area contributed by atoms with E-state index in [1.54, 1.807) is 0 Å². The van der Waals surface area contributed by atoms with Gasteiger partial charge in [-0.15, -0.1) is 0 Å². The van der Waals surface area contributed by atoms with E-state index in [1.807, 2.05) is 6.20 Å². The van der Waals surface area contributed by atoms with Crippen LogP contribution in [0.4, 0.5) is 13.2 Å². The molecule has 1 aromatic heterocycles. The van der Waals surface area contributed by atoms with Gasteiger partial charge in [-0.05, 0) is 5.56 Å². The Morgan fingerprint density at radius 2 is 2.00 bits per heavy atom. The van der Waals surface area contributed by atoms with Crippen molar-refractivity contribution in [1.29, 1.82) is 0 Å². The first-order chi connectivity index (χ1) is 4.61. The second-order valence-corrected chi connectivity index (χ2v) is 1.66. The van der Waals surface area contributed by atoms with Gasteiger partial charge >= 0.3 is 25.0 Å². The van der Waals surface area contributed by atoms with Crippen molar-refractivity contribution in [1.82, 2.24) is 4.98 Å². The van der Waals surface area contributed by atoms with Crippen LogP contribution in [0, 0.1) is 6.20 Å². The van der Waals surface area contributed by atoms with Gasteiger partial charge in [0.2, 0.25) is 0 Å². The monoisotopic (exact) mass is 153 g/mol. The van der Waals surface area contributed by atoms with Crippen molar-refractivity contribution in [3.8, 4) is 0 Å². The largest absolute Gasteiger partial charge is 1.00 e. The number of rotatable bonds is 0. The van der Waals surface area contributed by atoms with E-state index in [9.17, 15) is 13.2 Å². The number of alkyl halides is 3. The Kier molecular flexibility index (Phi) is 3.63. The SMILES string of the molecule is FC(F)(F)c1[c-]nccc1.[Li+]. The molecule has 0 saturated carbocycles. The molecule has 0 aliphatic heterocycles. The van der Waals surface area contributed by atoms with Crippen molar-refractivity contribution in [3.05, 3.63) is 30.1 Å². The molecule has 0 radical (unpaired) electrons. The fraction of sp³-hybridized carbons (Fsp3) is 0.167. The van der Waals surface area contributed by atoms with Crippen molar-refractivity contribution < 1.29 is 32.0 Å². The fourth-order valence-electron chi connectivity index (χ4n) is 0.484. The second kappa shape index (κ2) is 3.79. The molecule has 0 aromatic carbocycles.